The van der Waals surface area contributed by atoms with Gasteiger partial charge in [-0.2, -0.15) is 0 Å². The monoisotopic (exact) mass is 450 g/mol. The van der Waals surface area contributed by atoms with Gasteiger partial charge in [-0.05, 0) is 31.9 Å². The van der Waals surface area contributed by atoms with Gasteiger partial charge in [0.15, 0.2) is 5.96 Å². The van der Waals surface area contributed by atoms with E-state index in [1.807, 2.05) is 12.1 Å². The van der Waals surface area contributed by atoms with Crippen molar-refractivity contribution in [2.45, 2.75) is 45.6 Å². The van der Waals surface area contributed by atoms with Gasteiger partial charge in [0.2, 0.25) is 0 Å². The second-order valence-electron chi connectivity index (χ2n) is 5.35. The third-order valence-electron chi connectivity index (χ3n) is 3.46. The van der Waals surface area contributed by atoms with Crippen LogP contribution in [0, 0.1) is 0 Å². The van der Waals surface area contributed by atoms with Crippen molar-refractivity contribution in [3.63, 3.8) is 0 Å². The molecule has 138 valence electrons. The van der Waals surface area contributed by atoms with E-state index in [2.05, 4.69) is 44.2 Å². The van der Waals surface area contributed by atoms with Gasteiger partial charge in [-0.1, -0.05) is 12.8 Å². The summed E-state index contributed by atoms with van der Waals surface area (Å²) in [7, 11) is 1.43. The van der Waals surface area contributed by atoms with Crippen LogP contribution in [0.3, 0.4) is 0 Å². The van der Waals surface area contributed by atoms with E-state index in [4.69, 9.17) is 0 Å². The first-order valence-electron chi connectivity index (χ1n) is 8.46. The molecule has 0 fully saturated rings. The number of rotatable bonds is 11. The molecule has 0 aliphatic heterocycles. The Bertz CT molecular complexity index is 449. The van der Waals surface area contributed by atoms with Gasteiger partial charge in [-0.25, -0.2) is 0 Å². The first-order valence-corrected chi connectivity index (χ1v) is 8.46. The summed E-state index contributed by atoms with van der Waals surface area (Å²) in [6, 6.07) is 4.05. The van der Waals surface area contributed by atoms with Crippen molar-refractivity contribution in [1.29, 1.82) is 0 Å². The van der Waals surface area contributed by atoms with Crippen molar-refractivity contribution in [1.82, 2.24) is 15.2 Å². The highest BCUT2D eigenvalue weighted by atomic mass is 127. The van der Waals surface area contributed by atoms with Gasteiger partial charge in [0, 0.05) is 45.0 Å². The second kappa shape index (κ2) is 15.3. The Morgan fingerprint density at radius 2 is 1.83 bits per heavy atom. The third-order valence-corrected chi connectivity index (χ3v) is 3.46. The summed E-state index contributed by atoms with van der Waals surface area (Å²) in [5, 5.41) is 6.60. The maximum Gasteiger partial charge on any atom is 0.305 e. The van der Waals surface area contributed by atoms with E-state index in [9.17, 15) is 4.79 Å². The van der Waals surface area contributed by atoms with Gasteiger partial charge in [0.05, 0.1) is 7.11 Å². The first kappa shape index (κ1) is 22.8. The van der Waals surface area contributed by atoms with E-state index >= 15 is 0 Å². The number of halogens is 1. The van der Waals surface area contributed by atoms with Crippen LogP contribution < -0.4 is 10.6 Å². The number of nitrogens with one attached hydrogen (secondary N) is 2. The number of nitrogens with zero attached hydrogens (tertiary/aromatic N) is 2. The third kappa shape index (κ3) is 11.3. The minimum Gasteiger partial charge on any atom is -0.469 e. The molecule has 0 aromatic carbocycles. The Morgan fingerprint density at radius 3 is 2.50 bits per heavy atom. The molecule has 0 saturated heterocycles. The lowest BCUT2D eigenvalue weighted by Crippen LogP contribution is -2.38. The van der Waals surface area contributed by atoms with Crippen LogP contribution in [0.2, 0.25) is 0 Å². The molecule has 1 heterocycles. The molecule has 0 radical (unpaired) electrons. The number of unbranched alkanes of at least 4 members (excludes halogenated alkanes) is 3. The maximum atomic E-state index is 11.0. The number of hydrogen-bond acceptors (Lipinski definition) is 3. The first-order chi connectivity index (χ1) is 11.3. The van der Waals surface area contributed by atoms with Gasteiger partial charge in [0.25, 0.3) is 0 Å². The molecule has 0 aliphatic rings. The van der Waals surface area contributed by atoms with Crippen molar-refractivity contribution in [3.05, 3.63) is 24.5 Å². The Labute approximate surface area is 162 Å². The molecule has 0 atom stereocenters. The molecule has 0 amide bonds. The van der Waals surface area contributed by atoms with Crippen LogP contribution in [0.15, 0.2) is 29.5 Å². The van der Waals surface area contributed by atoms with Crippen LogP contribution in [0.5, 0.6) is 0 Å². The average Bonchev–Trinajstić information content (AvgIpc) is 3.07. The minimum atomic E-state index is -0.121. The summed E-state index contributed by atoms with van der Waals surface area (Å²) in [6.45, 7) is 5.49. The van der Waals surface area contributed by atoms with Crippen LogP contribution in [-0.2, 0) is 16.1 Å². The summed E-state index contributed by atoms with van der Waals surface area (Å²) in [4.78, 5) is 15.6. The van der Waals surface area contributed by atoms with Crippen molar-refractivity contribution < 1.29 is 9.53 Å². The minimum absolute atomic E-state index is 0. The van der Waals surface area contributed by atoms with Crippen LogP contribution in [-0.4, -0.2) is 43.2 Å². The molecule has 24 heavy (non-hydrogen) atoms. The quantitative estimate of drug-likeness (QED) is 0.179. The van der Waals surface area contributed by atoms with E-state index in [-0.39, 0.29) is 29.9 Å². The lowest BCUT2D eigenvalue weighted by molar-refractivity contribution is -0.140. The SMILES string of the molecule is CCNC(=NCCCCCCC(=O)OC)NCCn1cccc1.I. The molecule has 0 saturated carbocycles. The topological polar surface area (TPSA) is 67.7 Å². The van der Waals surface area contributed by atoms with E-state index in [1.54, 1.807) is 0 Å². The number of esters is 1. The predicted octanol–water partition coefficient (Wildman–Crippen LogP) is 2.78. The van der Waals surface area contributed by atoms with Crippen LogP contribution in [0.25, 0.3) is 0 Å². The number of hydrogen-bond donors (Lipinski definition) is 2. The zero-order valence-electron chi connectivity index (χ0n) is 14.8. The second-order valence-corrected chi connectivity index (χ2v) is 5.35. The standard InChI is InChI=1S/C17H30N4O2.HI/c1-3-18-17(20-12-15-21-13-8-9-14-21)19-11-7-5-4-6-10-16(22)23-2;/h8-9,13-14H,3-7,10-12,15H2,1-2H3,(H2,18,19,20);1H. The number of ether oxygens (including phenoxy) is 1. The highest BCUT2D eigenvalue weighted by Crippen LogP contribution is 2.03. The molecule has 7 heteroatoms. The van der Waals surface area contributed by atoms with Gasteiger partial charge in [0.1, 0.15) is 0 Å². The molecule has 1 aromatic heterocycles. The molecule has 0 unspecified atom stereocenters. The maximum absolute atomic E-state index is 11.0. The molecule has 0 aliphatic carbocycles. The van der Waals surface area contributed by atoms with E-state index in [0.717, 1.165) is 57.8 Å². The lowest BCUT2D eigenvalue weighted by Gasteiger charge is -2.11. The number of aliphatic imine (C=N–C) groups is 1. The summed E-state index contributed by atoms with van der Waals surface area (Å²) in [6.07, 6.45) is 8.69. The highest BCUT2D eigenvalue weighted by Gasteiger charge is 1.99. The normalized spacial score (nSPS) is 10.8. The Kier molecular flexibility index (Phi) is 14.5. The molecule has 1 rings (SSSR count). The van der Waals surface area contributed by atoms with Gasteiger partial charge in [-0.15, -0.1) is 24.0 Å². The van der Waals surface area contributed by atoms with Crippen molar-refractivity contribution in [2.75, 3.05) is 26.7 Å². The number of carbonyl (C=O) groups excluding carboxylic acids is 1. The fourth-order valence-electron chi connectivity index (χ4n) is 2.19. The van der Waals surface area contributed by atoms with Crippen LogP contribution >= 0.6 is 24.0 Å². The van der Waals surface area contributed by atoms with Gasteiger partial charge < -0.3 is 19.9 Å². The zero-order chi connectivity index (χ0) is 16.8. The molecular weight excluding hydrogens is 419 g/mol. The van der Waals surface area contributed by atoms with Crippen molar-refractivity contribution >= 4 is 35.9 Å². The Hall–Kier alpha value is -1.25. The van der Waals surface area contributed by atoms with E-state index < -0.39 is 0 Å². The van der Waals surface area contributed by atoms with E-state index in [0.29, 0.717) is 6.42 Å². The molecule has 0 bridgehead atoms. The fraction of sp³-hybridized carbons (Fsp3) is 0.647. The zero-order valence-corrected chi connectivity index (χ0v) is 17.1. The van der Waals surface area contributed by atoms with Gasteiger partial charge >= 0.3 is 5.97 Å². The molecular formula is C17H31IN4O2. The lowest BCUT2D eigenvalue weighted by atomic mass is 10.1. The summed E-state index contributed by atoms with van der Waals surface area (Å²) < 4.78 is 6.76. The van der Waals surface area contributed by atoms with E-state index in [1.165, 1.54) is 7.11 Å². The molecule has 6 nitrogen and oxygen atoms in total. The Morgan fingerprint density at radius 1 is 1.12 bits per heavy atom. The summed E-state index contributed by atoms with van der Waals surface area (Å²) >= 11 is 0. The van der Waals surface area contributed by atoms with Crippen molar-refractivity contribution in [2.24, 2.45) is 4.99 Å². The molecule has 2 N–H and O–H groups in total. The molecule has 0 spiro atoms. The van der Waals surface area contributed by atoms with Crippen LogP contribution in [0.1, 0.15) is 39.0 Å². The van der Waals surface area contributed by atoms with Gasteiger partial charge in [-0.3, -0.25) is 9.79 Å². The highest BCUT2D eigenvalue weighted by molar-refractivity contribution is 14.0. The fourth-order valence-corrected chi connectivity index (χ4v) is 2.19. The Balaban J connectivity index is 0.00000529. The number of aromatic nitrogens is 1. The number of guanidine groups is 1. The summed E-state index contributed by atoms with van der Waals surface area (Å²) in [5.74, 6) is 0.749. The smallest absolute Gasteiger partial charge is 0.305 e. The van der Waals surface area contributed by atoms with Crippen molar-refractivity contribution in [3.8, 4) is 0 Å². The number of carbonyl (C=O) groups is 1. The van der Waals surface area contributed by atoms with Crippen LogP contribution in [0.4, 0.5) is 0 Å². The molecule has 1 aromatic rings. The predicted molar refractivity (Wildman–Crippen MR) is 109 cm³/mol. The summed E-state index contributed by atoms with van der Waals surface area (Å²) in [5.41, 5.74) is 0. The number of methoxy groups -OCH3 is 1. The largest absolute Gasteiger partial charge is 0.469 e. The average molecular weight is 450 g/mol.